The first-order chi connectivity index (χ1) is 12.8. The van der Waals surface area contributed by atoms with Crippen LogP contribution in [0.4, 0.5) is 5.69 Å². The van der Waals surface area contributed by atoms with E-state index in [-0.39, 0.29) is 0 Å². The standard InChI is InChI=1S/C25H33NO/c1-14-8-11-23(26)22(13-27-7)24(14)18(5)21-10-9-20-12-15(2)16(3)17(4)25(20)19(21)6/h8,11,20,25H,4-5,9-10,12-13,26H2,1-3,6-7H3. The number of hydrogen-bond acceptors (Lipinski definition) is 2. The highest BCUT2D eigenvalue weighted by Crippen LogP contribution is 2.50. The molecule has 2 aliphatic rings. The maximum atomic E-state index is 6.28. The molecular weight excluding hydrogens is 330 g/mol. The van der Waals surface area contributed by atoms with Gasteiger partial charge in [-0.1, -0.05) is 30.4 Å². The number of ether oxygens (including phenoxy) is 1. The average molecular weight is 364 g/mol. The number of nitrogen functional groups attached to an aromatic ring is 1. The van der Waals surface area contributed by atoms with Crippen LogP contribution in [0.15, 0.2) is 53.2 Å². The Kier molecular flexibility index (Phi) is 5.48. The molecule has 3 rings (SSSR count). The Balaban J connectivity index is 2.08. The zero-order chi connectivity index (χ0) is 19.9. The second-order valence-electron chi connectivity index (χ2n) is 8.31. The van der Waals surface area contributed by atoms with Crippen LogP contribution in [0.25, 0.3) is 5.57 Å². The summed E-state index contributed by atoms with van der Waals surface area (Å²) >= 11 is 0. The lowest BCUT2D eigenvalue weighted by atomic mass is 9.64. The van der Waals surface area contributed by atoms with Crippen LogP contribution >= 0.6 is 0 Å². The van der Waals surface area contributed by atoms with Crippen molar-refractivity contribution in [3.05, 3.63) is 69.8 Å². The largest absolute Gasteiger partial charge is 0.398 e. The van der Waals surface area contributed by atoms with Gasteiger partial charge in [0, 0.05) is 24.3 Å². The van der Waals surface area contributed by atoms with Crippen LogP contribution in [0.2, 0.25) is 0 Å². The van der Waals surface area contributed by atoms with Crippen molar-refractivity contribution in [3.63, 3.8) is 0 Å². The Labute approximate surface area is 164 Å². The molecule has 2 heteroatoms. The first kappa shape index (κ1) is 19.7. The highest BCUT2D eigenvalue weighted by Gasteiger charge is 2.36. The molecule has 0 bridgehead atoms. The van der Waals surface area contributed by atoms with Crippen molar-refractivity contribution in [1.82, 2.24) is 0 Å². The fourth-order valence-electron chi connectivity index (χ4n) is 5.10. The minimum absolute atomic E-state index is 0.446. The van der Waals surface area contributed by atoms with E-state index in [1.54, 1.807) is 7.11 Å². The Morgan fingerprint density at radius 2 is 1.93 bits per heavy atom. The quantitative estimate of drug-likeness (QED) is 0.630. The monoisotopic (exact) mass is 363 g/mol. The van der Waals surface area contributed by atoms with Gasteiger partial charge in [-0.3, -0.25) is 0 Å². The van der Waals surface area contributed by atoms with Crippen molar-refractivity contribution < 1.29 is 4.74 Å². The van der Waals surface area contributed by atoms with Crippen LogP contribution in [0.3, 0.4) is 0 Å². The minimum Gasteiger partial charge on any atom is -0.398 e. The number of benzene rings is 1. The van der Waals surface area contributed by atoms with Crippen LogP contribution in [0, 0.1) is 18.8 Å². The molecular formula is C25H33NO. The van der Waals surface area contributed by atoms with Crippen LogP contribution in [0.1, 0.15) is 56.7 Å². The van der Waals surface area contributed by atoms with Gasteiger partial charge in [-0.25, -0.2) is 0 Å². The van der Waals surface area contributed by atoms with E-state index in [1.165, 1.54) is 46.3 Å². The van der Waals surface area contributed by atoms with Crippen LogP contribution in [-0.2, 0) is 11.3 Å². The molecule has 0 saturated heterocycles. The van der Waals surface area contributed by atoms with Gasteiger partial charge in [0.05, 0.1) is 6.61 Å². The molecule has 144 valence electrons. The molecule has 2 unspecified atom stereocenters. The van der Waals surface area contributed by atoms with Gasteiger partial charge in [0.1, 0.15) is 0 Å². The third-order valence-electron chi connectivity index (χ3n) is 6.76. The van der Waals surface area contributed by atoms with Gasteiger partial charge in [-0.05, 0) is 92.4 Å². The van der Waals surface area contributed by atoms with Crippen molar-refractivity contribution in [2.75, 3.05) is 12.8 Å². The van der Waals surface area contributed by atoms with E-state index in [4.69, 9.17) is 10.5 Å². The van der Waals surface area contributed by atoms with E-state index in [1.807, 2.05) is 6.07 Å². The van der Waals surface area contributed by atoms with Gasteiger partial charge in [-0.2, -0.15) is 0 Å². The zero-order valence-electron chi connectivity index (χ0n) is 17.5. The molecule has 2 N–H and O–H groups in total. The summed E-state index contributed by atoms with van der Waals surface area (Å²) in [6.07, 6.45) is 3.46. The summed E-state index contributed by atoms with van der Waals surface area (Å²) in [5.41, 5.74) is 18.6. The fraction of sp³-hybridized carbons (Fsp3) is 0.440. The second kappa shape index (κ2) is 7.52. The summed E-state index contributed by atoms with van der Waals surface area (Å²) in [7, 11) is 1.72. The summed E-state index contributed by atoms with van der Waals surface area (Å²) in [5, 5.41) is 0. The molecule has 0 spiro atoms. The summed E-state index contributed by atoms with van der Waals surface area (Å²) in [6, 6.07) is 4.06. The number of aryl methyl sites for hydroxylation is 1. The predicted octanol–water partition coefficient (Wildman–Crippen LogP) is 6.38. The molecule has 0 aliphatic heterocycles. The number of anilines is 1. The van der Waals surface area contributed by atoms with Gasteiger partial charge in [-0.15, -0.1) is 0 Å². The SMILES string of the molecule is C=C(C1=C(C)C2C(=C)C(C)=C(C)CC2CC1)c1c(C)ccc(N)c1COC. The summed E-state index contributed by atoms with van der Waals surface area (Å²) in [5.74, 6) is 1.12. The number of nitrogens with two attached hydrogens (primary N) is 1. The van der Waals surface area contributed by atoms with Gasteiger partial charge in [0.2, 0.25) is 0 Å². The summed E-state index contributed by atoms with van der Waals surface area (Å²) in [4.78, 5) is 0. The molecule has 0 fully saturated rings. The van der Waals surface area contributed by atoms with Gasteiger partial charge >= 0.3 is 0 Å². The number of fused-ring (bicyclic) bond motifs is 1. The Bertz CT molecular complexity index is 869. The lowest BCUT2D eigenvalue weighted by molar-refractivity contribution is 0.185. The molecule has 0 aromatic heterocycles. The number of rotatable bonds is 4. The van der Waals surface area contributed by atoms with Crippen LogP contribution in [-0.4, -0.2) is 7.11 Å². The Morgan fingerprint density at radius 1 is 1.22 bits per heavy atom. The maximum absolute atomic E-state index is 6.28. The normalized spacial score (nSPS) is 22.9. The maximum Gasteiger partial charge on any atom is 0.0739 e. The van der Waals surface area contributed by atoms with Crippen molar-refractivity contribution >= 4 is 11.3 Å². The molecule has 0 heterocycles. The lowest BCUT2D eigenvalue weighted by Crippen LogP contribution is -2.28. The van der Waals surface area contributed by atoms with E-state index >= 15 is 0 Å². The van der Waals surface area contributed by atoms with E-state index in [0.717, 1.165) is 28.8 Å². The van der Waals surface area contributed by atoms with E-state index in [0.29, 0.717) is 18.4 Å². The number of hydrogen-bond donors (Lipinski definition) is 1. The van der Waals surface area contributed by atoms with Gasteiger partial charge in [0.25, 0.3) is 0 Å². The third kappa shape index (κ3) is 3.32. The van der Waals surface area contributed by atoms with Crippen molar-refractivity contribution in [3.8, 4) is 0 Å². The van der Waals surface area contributed by atoms with Crippen LogP contribution < -0.4 is 5.73 Å². The molecule has 0 saturated carbocycles. The fourth-order valence-corrected chi connectivity index (χ4v) is 5.10. The first-order valence-corrected chi connectivity index (χ1v) is 9.89. The highest BCUT2D eigenvalue weighted by atomic mass is 16.5. The van der Waals surface area contributed by atoms with Gasteiger partial charge in [0.15, 0.2) is 0 Å². The smallest absolute Gasteiger partial charge is 0.0739 e. The minimum atomic E-state index is 0.446. The Hall–Kier alpha value is -2.06. The molecule has 2 aliphatic carbocycles. The molecule has 1 aromatic rings. The molecule has 2 nitrogen and oxygen atoms in total. The van der Waals surface area contributed by atoms with E-state index in [2.05, 4.69) is 46.9 Å². The molecule has 0 amide bonds. The summed E-state index contributed by atoms with van der Waals surface area (Å²) in [6.45, 7) is 18.4. The topological polar surface area (TPSA) is 35.2 Å². The highest BCUT2D eigenvalue weighted by molar-refractivity contribution is 5.84. The third-order valence-corrected chi connectivity index (χ3v) is 6.76. The summed E-state index contributed by atoms with van der Waals surface area (Å²) < 4.78 is 5.44. The predicted molar refractivity (Wildman–Crippen MR) is 116 cm³/mol. The zero-order valence-corrected chi connectivity index (χ0v) is 17.5. The van der Waals surface area contributed by atoms with Crippen molar-refractivity contribution in [1.29, 1.82) is 0 Å². The Morgan fingerprint density at radius 3 is 2.59 bits per heavy atom. The van der Waals surface area contributed by atoms with E-state index in [9.17, 15) is 0 Å². The first-order valence-electron chi connectivity index (χ1n) is 9.89. The van der Waals surface area contributed by atoms with Crippen molar-refractivity contribution in [2.24, 2.45) is 11.8 Å². The molecule has 27 heavy (non-hydrogen) atoms. The van der Waals surface area contributed by atoms with Gasteiger partial charge < -0.3 is 10.5 Å². The van der Waals surface area contributed by atoms with Crippen molar-refractivity contribution in [2.45, 2.75) is 53.6 Å². The lowest BCUT2D eigenvalue weighted by Gasteiger charge is -2.41. The van der Waals surface area contributed by atoms with E-state index < -0.39 is 0 Å². The average Bonchev–Trinajstić information content (AvgIpc) is 2.63. The number of methoxy groups -OCH3 is 1. The molecule has 0 radical (unpaired) electrons. The molecule has 2 atom stereocenters. The second-order valence-corrected chi connectivity index (χ2v) is 8.31. The molecule has 1 aromatic carbocycles. The number of allylic oxidation sites excluding steroid dienone is 6. The van der Waals surface area contributed by atoms with Crippen LogP contribution in [0.5, 0.6) is 0 Å².